The first-order valence-electron chi connectivity index (χ1n) is 10.8. The molecule has 1 aliphatic heterocycles. The number of nitrogen functional groups attached to an aromatic ring is 1. The average Bonchev–Trinajstić information content (AvgIpc) is 3.19. The van der Waals surface area contributed by atoms with Crippen LogP contribution in [-0.4, -0.2) is 25.4 Å². The van der Waals surface area contributed by atoms with Crippen molar-refractivity contribution in [2.24, 2.45) is 0 Å². The molecule has 1 amide bonds. The Labute approximate surface area is 199 Å². The number of fused-ring (bicyclic) bond motifs is 6. The van der Waals surface area contributed by atoms with Crippen molar-refractivity contribution < 1.29 is 4.79 Å². The molecule has 1 atom stereocenters. The molecule has 3 N–H and O–H groups in total. The molecule has 2 aromatic carbocycles. The van der Waals surface area contributed by atoms with Gasteiger partial charge in [-0.05, 0) is 35.9 Å². The Morgan fingerprint density at radius 3 is 2.88 bits per heavy atom. The van der Waals surface area contributed by atoms with Crippen LogP contribution in [0.1, 0.15) is 11.6 Å². The van der Waals surface area contributed by atoms with Gasteiger partial charge in [0.2, 0.25) is 5.91 Å². The maximum Gasteiger partial charge on any atom is 0.243 e. The largest absolute Gasteiger partial charge is 0.383 e. The van der Waals surface area contributed by atoms with Crippen LogP contribution in [0.3, 0.4) is 0 Å². The normalized spacial score (nSPS) is 14.6. The zero-order valence-corrected chi connectivity index (χ0v) is 18.8. The lowest BCUT2D eigenvalue weighted by Crippen LogP contribution is -2.32. The number of nitrogens with zero attached hydrogens (tertiary/aromatic N) is 4. The number of amides is 1. The van der Waals surface area contributed by atoms with Crippen LogP contribution in [-0.2, 0) is 11.3 Å². The number of para-hydroxylation sites is 1. The lowest BCUT2D eigenvalue weighted by Gasteiger charge is -2.29. The van der Waals surface area contributed by atoms with Crippen LogP contribution in [0.25, 0.3) is 44.3 Å². The van der Waals surface area contributed by atoms with Crippen molar-refractivity contribution in [2.75, 3.05) is 5.73 Å². The van der Waals surface area contributed by atoms with E-state index in [2.05, 4.69) is 37.5 Å². The van der Waals surface area contributed by atoms with Crippen molar-refractivity contribution >= 4 is 45.3 Å². The van der Waals surface area contributed by atoms with E-state index in [9.17, 15) is 4.79 Å². The van der Waals surface area contributed by atoms with Gasteiger partial charge < -0.3 is 15.6 Å². The Hall–Kier alpha value is -4.23. The summed E-state index contributed by atoms with van der Waals surface area (Å²) in [4.78, 5) is 25.8. The molecule has 0 saturated heterocycles. The van der Waals surface area contributed by atoms with Gasteiger partial charge in [0, 0.05) is 39.8 Å². The van der Waals surface area contributed by atoms with Gasteiger partial charge in [0.05, 0.1) is 22.6 Å². The van der Waals surface area contributed by atoms with E-state index in [0.717, 1.165) is 44.2 Å². The molecule has 0 radical (unpaired) electrons. The number of pyridine rings is 1. The number of benzene rings is 2. The van der Waals surface area contributed by atoms with E-state index >= 15 is 0 Å². The van der Waals surface area contributed by atoms with Gasteiger partial charge in [0.15, 0.2) is 0 Å². The van der Waals surface area contributed by atoms with Crippen molar-refractivity contribution in [2.45, 2.75) is 12.6 Å². The Morgan fingerprint density at radius 2 is 2.03 bits per heavy atom. The van der Waals surface area contributed by atoms with Gasteiger partial charge >= 0.3 is 0 Å². The van der Waals surface area contributed by atoms with Crippen LogP contribution in [0.4, 0.5) is 5.82 Å². The quantitative estimate of drug-likeness (QED) is 0.368. The second kappa shape index (κ2) is 7.67. The van der Waals surface area contributed by atoms with E-state index in [0.29, 0.717) is 23.0 Å². The highest BCUT2D eigenvalue weighted by Crippen LogP contribution is 2.47. The minimum atomic E-state index is -0.318. The number of carbonyl (C=O) groups excluding carboxylic acids is 1. The highest BCUT2D eigenvalue weighted by atomic mass is 35.5. The Kier molecular flexibility index (Phi) is 4.60. The summed E-state index contributed by atoms with van der Waals surface area (Å²) in [5.41, 5.74) is 12.6. The van der Waals surface area contributed by atoms with Crippen LogP contribution < -0.4 is 11.1 Å². The summed E-state index contributed by atoms with van der Waals surface area (Å²) in [7, 11) is 0. The molecular formula is C26H19ClN6O. The van der Waals surface area contributed by atoms with E-state index < -0.39 is 0 Å². The van der Waals surface area contributed by atoms with E-state index in [-0.39, 0.29) is 11.9 Å². The van der Waals surface area contributed by atoms with Crippen LogP contribution in [0.2, 0.25) is 5.02 Å². The number of hydrogen-bond acceptors (Lipinski definition) is 5. The first-order chi connectivity index (χ1) is 16.5. The molecule has 1 unspecified atom stereocenters. The fourth-order valence-corrected chi connectivity index (χ4v) is 4.99. The van der Waals surface area contributed by atoms with E-state index in [1.165, 1.54) is 12.4 Å². The molecular weight excluding hydrogens is 448 g/mol. The predicted molar refractivity (Wildman–Crippen MR) is 134 cm³/mol. The molecule has 0 fully saturated rings. The number of nitrogens with one attached hydrogen (secondary N) is 1. The van der Waals surface area contributed by atoms with Crippen molar-refractivity contribution in [1.29, 1.82) is 0 Å². The van der Waals surface area contributed by atoms with Crippen molar-refractivity contribution in [3.05, 3.63) is 84.3 Å². The topological polar surface area (TPSA) is 98.7 Å². The van der Waals surface area contributed by atoms with Gasteiger partial charge in [0.25, 0.3) is 0 Å². The molecule has 166 valence electrons. The number of hydrogen-bond donors (Lipinski definition) is 2. The number of rotatable bonds is 3. The number of aromatic nitrogens is 4. The molecule has 0 bridgehead atoms. The van der Waals surface area contributed by atoms with E-state index in [1.54, 1.807) is 0 Å². The zero-order valence-electron chi connectivity index (χ0n) is 18.0. The lowest BCUT2D eigenvalue weighted by atomic mass is 9.90. The lowest BCUT2D eigenvalue weighted by molar-refractivity contribution is -0.117. The van der Waals surface area contributed by atoms with Gasteiger partial charge in [-0.2, -0.15) is 0 Å². The summed E-state index contributed by atoms with van der Waals surface area (Å²) < 4.78 is 2.09. The minimum absolute atomic E-state index is 0.260. The molecule has 1 aliphatic rings. The Morgan fingerprint density at radius 1 is 1.18 bits per heavy atom. The maximum atomic E-state index is 12.2. The smallest absolute Gasteiger partial charge is 0.243 e. The second-order valence-electron chi connectivity index (χ2n) is 8.21. The summed E-state index contributed by atoms with van der Waals surface area (Å²) in [6.07, 6.45) is 4.58. The first-order valence-corrected chi connectivity index (χ1v) is 11.1. The molecule has 5 aromatic rings. The fourth-order valence-electron chi connectivity index (χ4n) is 4.81. The van der Waals surface area contributed by atoms with E-state index in [1.807, 2.05) is 48.7 Å². The van der Waals surface area contributed by atoms with Gasteiger partial charge in [0.1, 0.15) is 17.8 Å². The van der Waals surface area contributed by atoms with Gasteiger partial charge in [-0.3, -0.25) is 9.78 Å². The van der Waals surface area contributed by atoms with Crippen LogP contribution in [0.15, 0.2) is 73.7 Å². The molecule has 6 rings (SSSR count). The minimum Gasteiger partial charge on any atom is -0.383 e. The summed E-state index contributed by atoms with van der Waals surface area (Å²) >= 11 is 6.37. The molecule has 0 saturated carbocycles. The van der Waals surface area contributed by atoms with E-state index in [4.69, 9.17) is 17.3 Å². The third kappa shape index (κ3) is 3.05. The van der Waals surface area contributed by atoms with Gasteiger partial charge in [-0.15, -0.1) is 0 Å². The summed E-state index contributed by atoms with van der Waals surface area (Å²) in [6.45, 7) is 4.04. The van der Waals surface area contributed by atoms with Crippen molar-refractivity contribution in [3.63, 3.8) is 0 Å². The Bertz CT molecular complexity index is 1640. The molecule has 4 heterocycles. The molecule has 7 nitrogen and oxygen atoms in total. The standard InChI is InChI=1S/C26H19ClN6O/c1-2-21(34)32-20-12-33-24(17-8-7-16(27)10-18(17)20)22(23-25(28)30-13-31-26(23)33)15-9-14-5-3-4-6-19(14)29-11-15/h2-11,13,20H,1,12H2,(H,32,34)(H2,28,30,31). The third-order valence-electron chi connectivity index (χ3n) is 6.26. The number of nitrogens with two attached hydrogens (primary N) is 1. The average molecular weight is 467 g/mol. The van der Waals surface area contributed by atoms with Crippen molar-refractivity contribution in [1.82, 2.24) is 24.8 Å². The number of halogens is 1. The first kappa shape index (κ1) is 20.4. The van der Waals surface area contributed by atoms with Crippen molar-refractivity contribution in [3.8, 4) is 22.4 Å². The summed E-state index contributed by atoms with van der Waals surface area (Å²) in [6, 6.07) is 15.5. The van der Waals surface area contributed by atoms with Crippen LogP contribution in [0.5, 0.6) is 0 Å². The number of carbonyl (C=O) groups is 1. The summed E-state index contributed by atoms with van der Waals surface area (Å²) in [5, 5.41) is 5.39. The summed E-state index contributed by atoms with van der Waals surface area (Å²) in [5.74, 6) is 0.126. The van der Waals surface area contributed by atoms with Gasteiger partial charge in [-0.1, -0.05) is 42.4 Å². The number of anilines is 1. The molecule has 0 aliphatic carbocycles. The maximum absolute atomic E-state index is 12.2. The predicted octanol–water partition coefficient (Wildman–Crippen LogP) is 4.91. The molecule has 3 aromatic heterocycles. The van der Waals surface area contributed by atoms with Gasteiger partial charge in [-0.25, -0.2) is 9.97 Å². The zero-order chi connectivity index (χ0) is 23.4. The Balaban J connectivity index is 1.69. The molecule has 8 heteroatoms. The molecule has 34 heavy (non-hydrogen) atoms. The SMILES string of the molecule is C=CC(=O)NC1Cn2c(c(-c3cnc4ccccc4c3)c3c(N)ncnc32)-c2ccc(Cl)cc21. The highest BCUT2D eigenvalue weighted by molar-refractivity contribution is 6.30. The third-order valence-corrected chi connectivity index (χ3v) is 6.49. The monoisotopic (exact) mass is 466 g/mol. The second-order valence-corrected chi connectivity index (χ2v) is 8.64. The molecule has 0 spiro atoms. The highest BCUT2D eigenvalue weighted by Gasteiger charge is 2.32. The fraction of sp³-hybridized carbons (Fsp3) is 0.0769. The van der Waals surface area contributed by atoms with Crippen LogP contribution in [0, 0.1) is 0 Å². The van der Waals surface area contributed by atoms with Crippen LogP contribution >= 0.6 is 11.6 Å².